The fourth-order valence-corrected chi connectivity index (χ4v) is 3.96. The van der Waals surface area contributed by atoms with Gasteiger partial charge in [-0.2, -0.15) is 5.10 Å². The van der Waals surface area contributed by atoms with E-state index in [1.807, 2.05) is 12.1 Å². The molecule has 4 rings (SSSR count). The normalized spacial score (nSPS) is 24.3. The molecule has 1 saturated heterocycles. The summed E-state index contributed by atoms with van der Waals surface area (Å²) < 4.78 is 0. The van der Waals surface area contributed by atoms with Crippen molar-refractivity contribution in [1.29, 1.82) is 0 Å². The number of nitrogens with one attached hydrogen (secondary N) is 1. The number of carbonyl (C=O) groups excluding carboxylic acids is 1. The lowest BCUT2D eigenvalue weighted by molar-refractivity contribution is -0.134. The molecule has 1 fully saturated rings. The highest BCUT2D eigenvalue weighted by atomic mass is 16.2. The number of aromatic amines is 1. The molecular formula is C18H21N3O. The van der Waals surface area contributed by atoms with E-state index >= 15 is 0 Å². The fraction of sp³-hybridized carbons (Fsp3) is 0.444. The van der Waals surface area contributed by atoms with Gasteiger partial charge in [-0.25, -0.2) is 0 Å². The highest BCUT2D eigenvalue weighted by Gasteiger charge is 2.34. The fourth-order valence-electron chi connectivity index (χ4n) is 3.96. The third kappa shape index (κ3) is 2.32. The van der Waals surface area contributed by atoms with Gasteiger partial charge in [-0.05, 0) is 42.9 Å². The van der Waals surface area contributed by atoms with E-state index in [4.69, 9.17) is 0 Å². The second kappa shape index (κ2) is 5.59. The highest BCUT2D eigenvalue weighted by Crippen LogP contribution is 2.36. The molecule has 0 radical (unpaired) electrons. The monoisotopic (exact) mass is 295 g/mol. The Morgan fingerprint density at radius 3 is 3.00 bits per heavy atom. The van der Waals surface area contributed by atoms with E-state index in [0.717, 1.165) is 44.5 Å². The number of H-pyrrole nitrogens is 1. The minimum absolute atomic E-state index is 0.0664. The third-order valence-electron chi connectivity index (χ3n) is 5.13. The van der Waals surface area contributed by atoms with Crippen LogP contribution in [0.15, 0.2) is 36.5 Å². The SMILES string of the molecule is O=C([C@@H]1CCc2ccccc21)N1CCC[C@H](c2ccn[nH]2)C1. The van der Waals surface area contributed by atoms with Crippen LogP contribution in [0.1, 0.15) is 47.9 Å². The van der Waals surface area contributed by atoms with Crippen LogP contribution in [0, 0.1) is 0 Å². The van der Waals surface area contributed by atoms with Crippen molar-refractivity contribution in [2.24, 2.45) is 0 Å². The summed E-state index contributed by atoms with van der Waals surface area (Å²) in [7, 11) is 0. The number of carbonyl (C=O) groups is 1. The zero-order valence-electron chi connectivity index (χ0n) is 12.7. The Labute approximate surface area is 130 Å². The number of fused-ring (bicyclic) bond motifs is 1. The number of hydrogen-bond donors (Lipinski definition) is 1. The van der Waals surface area contributed by atoms with Crippen molar-refractivity contribution in [2.75, 3.05) is 13.1 Å². The molecule has 0 bridgehead atoms. The number of likely N-dealkylation sites (tertiary alicyclic amines) is 1. The van der Waals surface area contributed by atoms with Crippen molar-refractivity contribution in [3.63, 3.8) is 0 Å². The molecule has 4 nitrogen and oxygen atoms in total. The molecule has 1 amide bonds. The van der Waals surface area contributed by atoms with Crippen LogP contribution in [0.5, 0.6) is 0 Å². The van der Waals surface area contributed by atoms with E-state index in [0.29, 0.717) is 11.8 Å². The zero-order chi connectivity index (χ0) is 14.9. The molecule has 1 aromatic heterocycles. The van der Waals surface area contributed by atoms with Gasteiger partial charge >= 0.3 is 0 Å². The molecule has 2 aromatic rings. The number of benzene rings is 1. The summed E-state index contributed by atoms with van der Waals surface area (Å²) in [6, 6.07) is 10.4. The molecule has 1 aliphatic heterocycles. The lowest BCUT2D eigenvalue weighted by Gasteiger charge is -2.34. The largest absolute Gasteiger partial charge is 0.342 e. The molecule has 22 heavy (non-hydrogen) atoms. The summed E-state index contributed by atoms with van der Waals surface area (Å²) >= 11 is 0. The predicted molar refractivity (Wildman–Crippen MR) is 84.6 cm³/mol. The first kappa shape index (κ1) is 13.6. The third-order valence-corrected chi connectivity index (χ3v) is 5.13. The zero-order valence-corrected chi connectivity index (χ0v) is 12.7. The van der Waals surface area contributed by atoms with Crippen LogP contribution in [0.2, 0.25) is 0 Å². The second-order valence-electron chi connectivity index (χ2n) is 6.43. The first-order valence-corrected chi connectivity index (χ1v) is 8.19. The van der Waals surface area contributed by atoms with Gasteiger partial charge in [0.2, 0.25) is 5.91 Å². The first-order chi connectivity index (χ1) is 10.8. The van der Waals surface area contributed by atoms with Crippen LogP contribution in [0.4, 0.5) is 0 Å². The molecule has 0 spiro atoms. The van der Waals surface area contributed by atoms with Gasteiger partial charge in [0, 0.05) is 30.9 Å². The molecule has 4 heteroatoms. The number of nitrogens with zero attached hydrogens (tertiary/aromatic N) is 2. The molecule has 1 aliphatic carbocycles. The summed E-state index contributed by atoms with van der Waals surface area (Å²) in [6.07, 6.45) is 5.99. The molecule has 2 atom stereocenters. The van der Waals surface area contributed by atoms with Crippen molar-refractivity contribution in [2.45, 2.75) is 37.5 Å². The van der Waals surface area contributed by atoms with Crippen LogP contribution in [-0.4, -0.2) is 34.1 Å². The lowest BCUT2D eigenvalue weighted by Crippen LogP contribution is -2.41. The average Bonchev–Trinajstić information content (AvgIpc) is 3.24. The van der Waals surface area contributed by atoms with E-state index in [1.165, 1.54) is 11.1 Å². The van der Waals surface area contributed by atoms with E-state index < -0.39 is 0 Å². The van der Waals surface area contributed by atoms with E-state index in [9.17, 15) is 4.79 Å². The number of hydrogen-bond acceptors (Lipinski definition) is 2. The van der Waals surface area contributed by atoms with Crippen LogP contribution in [-0.2, 0) is 11.2 Å². The Kier molecular flexibility index (Phi) is 3.45. The van der Waals surface area contributed by atoms with Crippen molar-refractivity contribution < 1.29 is 4.79 Å². The molecule has 1 aromatic carbocycles. The van der Waals surface area contributed by atoms with Crippen molar-refractivity contribution in [3.05, 3.63) is 53.3 Å². The lowest BCUT2D eigenvalue weighted by atomic mass is 9.92. The molecule has 1 N–H and O–H groups in total. The van der Waals surface area contributed by atoms with Gasteiger partial charge in [0.15, 0.2) is 0 Å². The maximum Gasteiger partial charge on any atom is 0.230 e. The topological polar surface area (TPSA) is 49.0 Å². The van der Waals surface area contributed by atoms with Gasteiger partial charge in [0.05, 0.1) is 5.92 Å². The Morgan fingerprint density at radius 1 is 1.23 bits per heavy atom. The number of rotatable bonds is 2. The van der Waals surface area contributed by atoms with Crippen LogP contribution >= 0.6 is 0 Å². The molecule has 0 saturated carbocycles. The van der Waals surface area contributed by atoms with Gasteiger partial charge in [0.1, 0.15) is 0 Å². The van der Waals surface area contributed by atoms with Crippen LogP contribution in [0.25, 0.3) is 0 Å². The minimum atomic E-state index is 0.0664. The van der Waals surface area contributed by atoms with E-state index in [2.05, 4.69) is 33.3 Å². The molecule has 114 valence electrons. The summed E-state index contributed by atoms with van der Waals surface area (Å²) in [5, 5.41) is 7.11. The van der Waals surface area contributed by atoms with Crippen LogP contribution in [0.3, 0.4) is 0 Å². The second-order valence-corrected chi connectivity index (χ2v) is 6.43. The summed E-state index contributed by atoms with van der Waals surface area (Å²) in [5.41, 5.74) is 3.75. The highest BCUT2D eigenvalue weighted by molar-refractivity contribution is 5.85. The Balaban J connectivity index is 1.51. The maximum atomic E-state index is 13.0. The first-order valence-electron chi connectivity index (χ1n) is 8.19. The van der Waals surface area contributed by atoms with Gasteiger partial charge in [-0.1, -0.05) is 24.3 Å². The average molecular weight is 295 g/mol. The quantitative estimate of drug-likeness (QED) is 0.926. The number of aromatic nitrogens is 2. The number of aryl methyl sites for hydroxylation is 1. The van der Waals surface area contributed by atoms with Gasteiger partial charge < -0.3 is 4.90 Å². The van der Waals surface area contributed by atoms with E-state index in [-0.39, 0.29) is 5.92 Å². The summed E-state index contributed by atoms with van der Waals surface area (Å²) in [6.45, 7) is 1.71. The maximum absolute atomic E-state index is 13.0. The van der Waals surface area contributed by atoms with Crippen molar-refractivity contribution >= 4 is 5.91 Å². The molecule has 0 unspecified atom stereocenters. The number of amides is 1. The Hall–Kier alpha value is -2.10. The summed E-state index contributed by atoms with van der Waals surface area (Å²) in [4.78, 5) is 15.0. The van der Waals surface area contributed by atoms with Gasteiger partial charge in [-0.3, -0.25) is 9.89 Å². The predicted octanol–water partition coefficient (Wildman–Crippen LogP) is 2.85. The van der Waals surface area contributed by atoms with E-state index in [1.54, 1.807) is 6.20 Å². The van der Waals surface area contributed by atoms with Crippen molar-refractivity contribution in [1.82, 2.24) is 15.1 Å². The van der Waals surface area contributed by atoms with Gasteiger partial charge in [-0.15, -0.1) is 0 Å². The van der Waals surface area contributed by atoms with Gasteiger partial charge in [0.25, 0.3) is 0 Å². The standard InChI is InChI=1S/C18H21N3O/c22-18(16-8-7-13-4-1-2-6-15(13)16)21-11-3-5-14(12-21)17-9-10-19-20-17/h1-2,4,6,9-10,14,16H,3,5,7-8,11-12H2,(H,19,20)/t14-,16+/m0/s1. The molecule has 2 heterocycles. The molecular weight excluding hydrogens is 274 g/mol. The number of piperidine rings is 1. The molecule has 2 aliphatic rings. The Morgan fingerprint density at radius 2 is 2.14 bits per heavy atom. The smallest absolute Gasteiger partial charge is 0.230 e. The van der Waals surface area contributed by atoms with Crippen LogP contribution < -0.4 is 0 Å². The summed E-state index contributed by atoms with van der Waals surface area (Å²) in [5.74, 6) is 0.780. The van der Waals surface area contributed by atoms with Crippen molar-refractivity contribution in [3.8, 4) is 0 Å². The Bertz CT molecular complexity index is 665. The minimum Gasteiger partial charge on any atom is -0.342 e.